The molecule has 0 spiro atoms. The van der Waals surface area contributed by atoms with Gasteiger partial charge in [-0.15, -0.1) is 0 Å². The van der Waals surface area contributed by atoms with E-state index in [1.54, 1.807) is 26.1 Å². The standard InChI is InChI=1S/C25H23ClFN5O/c1-15-29-21-13-22(32-11-3-4-17(14-32)16-7-9-28-10-8-16)30-24(23(21)25(33)31(15)2)19-6-5-18(26)12-20(19)27/h5-10,12-13,17H,3-4,11,14H2,1-2H3/t17-/m0/s1. The summed E-state index contributed by atoms with van der Waals surface area (Å²) in [6.07, 6.45) is 5.70. The number of fused-ring (bicyclic) bond motifs is 1. The molecule has 1 aliphatic rings. The zero-order valence-corrected chi connectivity index (χ0v) is 19.2. The van der Waals surface area contributed by atoms with Gasteiger partial charge in [0.25, 0.3) is 5.56 Å². The normalized spacial score (nSPS) is 16.4. The first-order valence-electron chi connectivity index (χ1n) is 10.9. The SMILES string of the molecule is Cc1nc2cc(N3CCC[C@H](c4ccncc4)C3)nc(-c3ccc(Cl)cc3F)c2c(=O)n1C. The summed E-state index contributed by atoms with van der Waals surface area (Å²) < 4.78 is 16.4. The van der Waals surface area contributed by atoms with Gasteiger partial charge < -0.3 is 4.90 Å². The average molecular weight is 464 g/mol. The Bertz CT molecular complexity index is 1410. The first kappa shape index (κ1) is 21.5. The summed E-state index contributed by atoms with van der Waals surface area (Å²) in [6.45, 7) is 3.38. The Labute approximate surface area is 195 Å². The Morgan fingerprint density at radius 2 is 1.91 bits per heavy atom. The number of hydrogen-bond donors (Lipinski definition) is 0. The molecule has 5 rings (SSSR count). The van der Waals surface area contributed by atoms with Crippen molar-refractivity contribution in [3.63, 3.8) is 0 Å². The third kappa shape index (κ3) is 3.97. The second-order valence-electron chi connectivity index (χ2n) is 8.44. The Kier molecular flexibility index (Phi) is 5.58. The van der Waals surface area contributed by atoms with Gasteiger partial charge in [-0.05, 0) is 55.7 Å². The predicted octanol–water partition coefficient (Wildman–Crippen LogP) is 4.88. The Morgan fingerprint density at radius 3 is 2.67 bits per heavy atom. The number of pyridine rings is 2. The van der Waals surface area contributed by atoms with Gasteiger partial charge in [-0.3, -0.25) is 14.3 Å². The van der Waals surface area contributed by atoms with E-state index in [0.29, 0.717) is 28.5 Å². The van der Waals surface area contributed by atoms with Gasteiger partial charge in [0.1, 0.15) is 17.5 Å². The van der Waals surface area contributed by atoms with Crippen LogP contribution in [0, 0.1) is 12.7 Å². The van der Waals surface area contributed by atoms with Crippen molar-refractivity contribution in [2.24, 2.45) is 7.05 Å². The number of hydrogen-bond acceptors (Lipinski definition) is 5. The summed E-state index contributed by atoms with van der Waals surface area (Å²) in [6, 6.07) is 10.3. The zero-order valence-electron chi connectivity index (χ0n) is 18.4. The highest BCUT2D eigenvalue weighted by Crippen LogP contribution is 2.34. The third-order valence-corrected chi connectivity index (χ3v) is 6.62. The van der Waals surface area contributed by atoms with Crippen LogP contribution in [0.25, 0.3) is 22.2 Å². The molecule has 3 aromatic heterocycles. The molecule has 0 radical (unpaired) electrons. The number of aryl methyl sites for hydroxylation is 1. The molecule has 4 aromatic rings. The molecule has 0 unspecified atom stereocenters. The minimum absolute atomic E-state index is 0.233. The first-order valence-corrected chi connectivity index (χ1v) is 11.3. The van der Waals surface area contributed by atoms with Crippen LogP contribution in [0.15, 0.2) is 53.6 Å². The molecule has 1 aliphatic heterocycles. The summed E-state index contributed by atoms with van der Waals surface area (Å²) in [5.41, 5.74) is 2.01. The van der Waals surface area contributed by atoms with E-state index in [9.17, 15) is 9.18 Å². The van der Waals surface area contributed by atoms with E-state index in [-0.39, 0.29) is 21.8 Å². The fourth-order valence-corrected chi connectivity index (χ4v) is 4.67. The minimum Gasteiger partial charge on any atom is -0.356 e. The van der Waals surface area contributed by atoms with E-state index in [0.717, 1.165) is 25.9 Å². The van der Waals surface area contributed by atoms with Crippen LogP contribution in [-0.4, -0.2) is 32.6 Å². The minimum atomic E-state index is -0.524. The average Bonchev–Trinajstić information content (AvgIpc) is 2.82. The molecule has 0 saturated carbocycles. The van der Waals surface area contributed by atoms with Gasteiger partial charge in [0.15, 0.2) is 0 Å². The summed E-state index contributed by atoms with van der Waals surface area (Å²) in [7, 11) is 1.66. The van der Waals surface area contributed by atoms with Crippen LogP contribution in [0.1, 0.15) is 30.1 Å². The fourth-order valence-electron chi connectivity index (χ4n) is 4.51. The number of anilines is 1. The quantitative estimate of drug-likeness (QED) is 0.433. The maximum Gasteiger partial charge on any atom is 0.263 e. The van der Waals surface area contributed by atoms with Crippen LogP contribution in [0.5, 0.6) is 0 Å². The molecule has 33 heavy (non-hydrogen) atoms. The zero-order chi connectivity index (χ0) is 23.1. The molecular formula is C25H23ClFN5O. The maximum atomic E-state index is 15.0. The van der Waals surface area contributed by atoms with Crippen LogP contribution in [-0.2, 0) is 7.05 Å². The summed E-state index contributed by atoms with van der Waals surface area (Å²) >= 11 is 5.98. The molecule has 0 bridgehead atoms. The Balaban J connectivity index is 1.67. The van der Waals surface area contributed by atoms with Crippen LogP contribution in [0.2, 0.25) is 5.02 Å². The van der Waals surface area contributed by atoms with Gasteiger partial charge in [0, 0.05) is 55.1 Å². The fraction of sp³-hybridized carbons (Fsp3) is 0.280. The van der Waals surface area contributed by atoms with Crippen molar-refractivity contribution >= 4 is 28.3 Å². The highest BCUT2D eigenvalue weighted by molar-refractivity contribution is 6.30. The van der Waals surface area contributed by atoms with Gasteiger partial charge in [0.2, 0.25) is 0 Å². The van der Waals surface area contributed by atoms with Gasteiger partial charge in [0.05, 0.1) is 16.6 Å². The number of benzene rings is 1. The molecule has 6 nitrogen and oxygen atoms in total. The lowest BCUT2D eigenvalue weighted by Gasteiger charge is -2.34. The Hall–Kier alpha value is -3.32. The lowest BCUT2D eigenvalue weighted by Crippen LogP contribution is -2.35. The van der Waals surface area contributed by atoms with Crippen molar-refractivity contribution < 1.29 is 4.39 Å². The molecule has 4 heterocycles. The van der Waals surface area contributed by atoms with Gasteiger partial charge in [-0.25, -0.2) is 14.4 Å². The van der Waals surface area contributed by atoms with Gasteiger partial charge in [-0.2, -0.15) is 0 Å². The highest BCUT2D eigenvalue weighted by atomic mass is 35.5. The molecule has 1 fully saturated rings. The van der Waals surface area contributed by atoms with E-state index >= 15 is 0 Å². The molecule has 168 valence electrons. The number of nitrogens with zero attached hydrogens (tertiary/aromatic N) is 5. The first-order chi connectivity index (χ1) is 15.9. The second kappa shape index (κ2) is 8.56. The van der Waals surface area contributed by atoms with Crippen LogP contribution in [0.3, 0.4) is 0 Å². The Morgan fingerprint density at radius 1 is 1.12 bits per heavy atom. The van der Waals surface area contributed by atoms with Crippen molar-refractivity contribution in [1.82, 2.24) is 19.5 Å². The molecule has 0 aliphatic carbocycles. The molecular weight excluding hydrogens is 441 g/mol. The van der Waals surface area contributed by atoms with E-state index in [2.05, 4.69) is 14.9 Å². The van der Waals surface area contributed by atoms with Crippen molar-refractivity contribution in [2.75, 3.05) is 18.0 Å². The summed E-state index contributed by atoms with van der Waals surface area (Å²) in [5.74, 6) is 1.09. The van der Waals surface area contributed by atoms with Crippen molar-refractivity contribution in [3.8, 4) is 11.3 Å². The van der Waals surface area contributed by atoms with Gasteiger partial charge >= 0.3 is 0 Å². The number of halogens is 2. The van der Waals surface area contributed by atoms with Crippen molar-refractivity contribution in [1.29, 1.82) is 0 Å². The summed E-state index contributed by atoms with van der Waals surface area (Å²) in [5, 5.41) is 0.588. The van der Waals surface area contributed by atoms with E-state index in [4.69, 9.17) is 16.6 Å². The molecule has 1 aromatic carbocycles. The monoisotopic (exact) mass is 463 g/mol. The number of piperidine rings is 1. The highest BCUT2D eigenvalue weighted by Gasteiger charge is 2.25. The molecule has 1 saturated heterocycles. The third-order valence-electron chi connectivity index (χ3n) is 6.38. The molecule has 0 N–H and O–H groups in total. The number of rotatable bonds is 3. The second-order valence-corrected chi connectivity index (χ2v) is 8.87. The number of aromatic nitrogens is 4. The van der Waals surface area contributed by atoms with Crippen molar-refractivity contribution in [3.05, 3.63) is 81.4 Å². The van der Waals surface area contributed by atoms with E-state index < -0.39 is 5.82 Å². The van der Waals surface area contributed by atoms with E-state index in [1.165, 1.54) is 16.2 Å². The molecule has 8 heteroatoms. The van der Waals surface area contributed by atoms with Crippen LogP contribution < -0.4 is 10.5 Å². The topological polar surface area (TPSA) is 63.9 Å². The smallest absolute Gasteiger partial charge is 0.263 e. The van der Waals surface area contributed by atoms with E-state index in [1.807, 2.05) is 30.6 Å². The lowest BCUT2D eigenvalue weighted by atomic mass is 9.91. The maximum absolute atomic E-state index is 15.0. The van der Waals surface area contributed by atoms with Crippen LogP contribution in [0.4, 0.5) is 10.2 Å². The van der Waals surface area contributed by atoms with Gasteiger partial charge in [-0.1, -0.05) is 11.6 Å². The lowest BCUT2D eigenvalue weighted by molar-refractivity contribution is 0.507. The predicted molar refractivity (Wildman–Crippen MR) is 128 cm³/mol. The van der Waals surface area contributed by atoms with Crippen molar-refractivity contribution in [2.45, 2.75) is 25.7 Å². The van der Waals surface area contributed by atoms with Crippen LogP contribution >= 0.6 is 11.6 Å². The largest absolute Gasteiger partial charge is 0.356 e. The summed E-state index contributed by atoms with van der Waals surface area (Å²) in [4.78, 5) is 28.9. The molecule has 1 atom stereocenters. The molecule has 0 amide bonds.